The van der Waals surface area contributed by atoms with Gasteiger partial charge in [0.2, 0.25) is 0 Å². The van der Waals surface area contributed by atoms with Crippen LogP contribution in [0.4, 0.5) is 0 Å². The summed E-state index contributed by atoms with van der Waals surface area (Å²) in [5.41, 5.74) is 4.80. The molecular weight excluding hydrogens is 673 g/mol. The van der Waals surface area contributed by atoms with E-state index in [4.69, 9.17) is 53.6 Å². The summed E-state index contributed by atoms with van der Waals surface area (Å²) in [6, 6.07) is 17.6. The molecule has 1 saturated heterocycles. The lowest BCUT2D eigenvalue weighted by atomic mass is 10.1. The van der Waals surface area contributed by atoms with Crippen LogP contribution in [0.2, 0.25) is 0 Å². The van der Waals surface area contributed by atoms with Gasteiger partial charge in [0, 0.05) is 52.4 Å². The van der Waals surface area contributed by atoms with Crippen LogP contribution in [0.3, 0.4) is 0 Å². The number of likely N-dealkylation sites (N-methyl/N-ethyl adjacent to an activating group) is 2. The number of ether oxygens (including phenoxy) is 1. The standard InChI is InChI=1S/C32H42N8OS5/c1-3-35-16-18-41-19-17-36(4-2)29(43)34-21-25-8-12-27(13-9-25)23-40-31(45)38-15-5-14-37-30(44)39(46(40)32(37)38)22-26-10-6-24(7-11-26)20-33-28(35)42/h6-13H,3-5,14-23H2,1-2H3,(H,33,42)(H,34,43). The highest BCUT2D eigenvalue weighted by atomic mass is 32.2. The molecule has 0 saturated carbocycles. The van der Waals surface area contributed by atoms with Gasteiger partial charge in [-0.3, -0.25) is 18.4 Å². The fourth-order valence-corrected chi connectivity index (χ4v) is 9.99. The van der Waals surface area contributed by atoms with Crippen molar-refractivity contribution in [2.24, 2.45) is 0 Å². The summed E-state index contributed by atoms with van der Waals surface area (Å²) in [5, 5.41) is 11.4. The number of hydrogen-bond donors (Lipinski definition) is 2. The van der Waals surface area contributed by atoms with Crippen molar-refractivity contribution < 1.29 is 4.74 Å². The highest BCUT2D eigenvalue weighted by Crippen LogP contribution is 2.45. The maximum atomic E-state index is 6.10. The van der Waals surface area contributed by atoms with Crippen molar-refractivity contribution in [3.8, 4) is 0 Å². The lowest BCUT2D eigenvalue weighted by molar-refractivity contribution is 0.110. The number of thiocarbonyl (C=S) groups is 4. The SMILES string of the molecule is CCN1CCOCCN(CC)C(=S)NCc2ccc(cc2)CN2C(=S)N3CCCN4C(=S)N(Cc5ccc(cc5)CNC1=S)S2=C43. The van der Waals surface area contributed by atoms with E-state index in [1.165, 1.54) is 27.4 Å². The highest BCUT2D eigenvalue weighted by molar-refractivity contribution is 8.14. The van der Waals surface area contributed by atoms with E-state index in [1.807, 2.05) is 0 Å². The molecule has 0 atom stereocenters. The smallest absolute Gasteiger partial charge is 0.189 e. The van der Waals surface area contributed by atoms with Crippen molar-refractivity contribution in [1.29, 1.82) is 0 Å². The predicted molar refractivity (Wildman–Crippen MR) is 204 cm³/mol. The van der Waals surface area contributed by atoms with Gasteiger partial charge < -0.3 is 25.2 Å². The second kappa shape index (κ2) is 15.1. The molecule has 4 bridgehead atoms. The van der Waals surface area contributed by atoms with Crippen molar-refractivity contribution in [2.45, 2.75) is 46.4 Å². The van der Waals surface area contributed by atoms with Crippen LogP contribution < -0.4 is 10.6 Å². The average molecular weight is 715 g/mol. The third-order valence-corrected chi connectivity index (χ3v) is 12.8. The highest BCUT2D eigenvalue weighted by Gasteiger charge is 2.48. The molecule has 1 fully saturated rings. The van der Waals surface area contributed by atoms with Crippen molar-refractivity contribution in [3.63, 3.8) is 0 Å². The lowest BCUT2D eigenvalue weighted by Gasteiger charge is -2.37. The Morgan fingerprint density at radius 3 is 1.46 bits per heavy atom. The molecule has 0 amide bonds. The Morgan fingerprint density at radius 1 is 0.630 bits per heavy atom. The monoisotopic (exact) mass is 714 g/mol. The normalized spacial score (nSPS) is 20.5. The predicted octanol–water partition coefficient (Wildman–Crippen LogP) is 4.20. The van der Waals surface area contributed by atoms with Gasteiger partial charge >= 0.3 is 0 Å². The minimum absolute atomic E-state index is 0.381. The van der Waals surface area contributed by atoms with Gasteiger partial charge in [-0.25, -0.2) is 0 Å². The Bertz CT molecular complexity index is 1390. The topological polar surface area (TPSA) is 52.7 Å². The Labute approximate surface area is 297 Å². The molecule has 0 unspecified atom stereocenters. The van der Waals surface area contributed by atoms with E-state index >= 15 is 0 Å². The molecule has 2 N–H and O–H groups in total. The molecule has 0 spiro atoms. The Balaban J connectivity index is 1.25. The quantitative estimate of drug-likeness (QED) is 0.438. The van der Waals surface area contributed by atoms with Crippen molar-refractivity contribution in [2.75, 3.05) is 52.5 Å². The molecule has 6 aliphatic heterocycles. The summed E-state index contributed by atoms with van der Waals surface area (Å²) in [6.45, 7) is 13.2. The first-order chi connectivity index (χ1) is 22.4. The van der Waals surface area contributed by atoms with Crippen LogP contribution in [0.15, 0.2) is 48.5 Å². The van der Waals surface area contributed by atoms with Crippen LogP contribution in [0.1, 0.15) is 42.5 Å². The molecule has 6 aliphatic rings. The summed E-state index contributed by atoms with van der Waals surface area (Å²) in [6.07, 6.45) is 1.04. The largest absolute Gasteiger partial charge is 0.378 e. The van der Waals surface area contributed by atoms with E-state index in [2.05, 4.69) is 101 Å². The maximum absolute atomic E-state index is 6.10. The molecule has 2 aromatic rings. The van der Waals surface area contributed by atoms with Gasteiger partial charge in [-0.15, -0.1) is 0 Å². The molecule has 14 heteroatoms. The van der Waals surface area contributed by atoms with Crippen LogP contribution in [-0.2, 0) is 30.9 Å². The first-order valence-corrected chi connectivity index (χ1v) is 18.7. The summed E-state index contributed by atoms with van der Waals surface area (Å²) in [7, 11) is -0.381. The third kappa shape index (κ3) is 7.12. The number of benzene rings is 2. The molecule has 8 rings (SSSR count). The number of hydrogen-bond acceptors (Lipinski definition) is 5. The minimum atomic E-state index is -0.381. The van der Waals surface area contributed by atoms with E-state index in [-0.39, 0.29) is 10.9 Å². The van der Waals surface area contributed by atoms with Gasteiger partial charge in [0.05, 0.1) is 37.2 Å². The average Bonchev–Trinajstić information content (AvgIpc) is 3.51. The van der Waals surface area contributed by atoms with Crippen molar-refractivity contribution in [1.82, 2.24) is 38.8 Å². The van der Waals surface area contributed by atoms with Crippen LogP contribution in [0.25, 0.3) is 0 Å². The zero-order chi connectivity index (χ0) is 32.2. The van der Waals surface area contributed by atoms with E-state index in [0.717, 1.165) is 79.2 Å². The number of rotatable bonds is 2. The van der Waals surface area contributed by atoms with Crippen LogP contribution >= 0.6 is 59.7 Å². The summed E-state index contributed by atoms with van der Waals surface area (Å²) in [4.78, 5) is 8.91. The second-order valence-corrected chi connectivity index (χ2v) is 14.8. The maximum Gasteiger partial charge on any atom is 0.189 e. The number of fused-ring (bicyclic) bond motifs is 2. The molecule has 0 radical (unpaired) electrons. The van der Waals surface area contributed by atoms with Gasteiger partial charge in [0.15, 0.2) is 25.6 Å². The number of nitrogens with zero attached hydrogens (tertiary/aromatic N) is 6. The van der Waals surface area contributed by atoms with Crippen LogP contribution in [0.5, 0.6) is 0 Å². The fraction of sp³-hybridized carbons (Fsp3) is 0.469. The van der Waals surface area contributed by atoms with E-state index in [9.17, 15) is 0 Å². The molecule has 9 nitrogen and oxygen atoms in total. The third-order valence-electron chi connectivity index (χ3n) is 8.63. The van der Waals surface area contributed by atoms with Crippen LogP contribution in [-0.4, -0.2) is 106 Å². The van der Waals surface area contributed by atoms with Gasteiger partial charge in [-0.2, -0.15) is 0 Å². The first kappa shape index (κ1) is 33.3. The van der Waals surface area contributed by atoms with Gasteiger partial charge in [-0.1, -0.05) is 48.5 Å². The van der Waals surface area contributed by atoms with E-state index in [1.54, 1.807) is 0 Å². The fourth-order valence-electron chi connectivity index (χ4n) is 5.96. The summed E-state index contributed by atoms with van der Waals surface area (Å²) >= 11 is 23.7. The van der Waals surface area contributed by atoms with Crippen LogP contribution in [0, 0.1) is 0 Å². The second-order valence-electron chi connectivity index (χ2n) is 11.6. The van der Waals surface area contributed by atoms with E-state index < -0.39 is 0 Å². The molecule has 6 heterocycles. The van der Waals surface area contributed by atoms with Gasteiger partial charge in [-0.05, 0) is 91.4 Å². The lowest BCUT2D eigenvalue weighted by Crippen LogP contribution is -2.52. The van der Waals surface area contributed by atoms with E-state index in [0.29, 0.717) is 26.3 Å². The van der Waals surface area contributed by atoms with Crippen molar-refractivity contribution in [3.05, 3.63) is 70.8 Å². The first-order valence-electron chi connectivity index (χ1n) is 16.0. The molecule has 0 aromatic heterocycles. The summed E-state index contributed by atoms with van der Waals surface area (Å²) < 4.78 is 10.7. The minimum Gasteiger partial charge on any atom is -0.378 e. The Kier molecular flexibility index (Phi) is 10.9. The zero-order valence-electron chi connectivity index (χ0n) is 26.4. The summed E-state index contributed by atoms with van der Waals surface area (Å²) in [5.74, 6) is 0. The Hall–Kier alpha value is -2.62. The van der Waals surface area contributed by atoms with Gasteiger partial charge in [0.25, 0.3) is 0 Å². The Morgan fingerprint density at radius 2 is 1.04 bits per heavy atom. The zero-order valence-corrected chi connectivity index (χ0v) is 30.5. The molecule has 246 valence electrons. The van der Waals surface area contributed by atoms with Gasteiger partial charge in [0.1, 0.15) is 0 Å². The molecule has 46 heavy (non-hydrogen) atoms. The molecule has 2 aromatic carbocycles. The molecule has 0 aliphatic carbocycles. The van der Waals surface area contributed by atoms with Crippen molar-refractivity contribution >= 4 is 85.3 Å². The molecular formula is C32H42N8OS5. The number of nitrogens with one attached hydrogen (secondary N) is 2.